The number of carbonyl (C=O) groups is 1. The molecule has 26 heavy (non-hydrogen) atoms. The molecule has 1 atom stereocenters. The first-order valence-electron chi connectivity index (χ1n) is 7.85. The molecular weight excluding hydrogens is 356 g/mol. The molecule has 7 nitrogen and oxygen atoms in total. The first-order valence-corrected chi connectivity index (χ1v) is 9.70. The molecular formula is C18H22N2O5S. The van der Waals surface area contributed by atoms with Crippen molar-refractivity contribution in [2.45, 2.75) is 13.0 Å². The molecule has 8 heteroatoms. The molecule has 0 aliphatic carbocycles. The Kier molecular flexibility index (Phi) is 6.23. The average molecular weight is 378 g/mol. The molecule has 0 aliphatic rings. The molecule has 140 valence electrons. The van der Waals surface area contributed by atoms with Crippen molar-refractivity contribution in [2.24, 2.45) is 5.73 Å². The van der Waals surface area contributed by atoms with Crippen LogP contribution in [-0.2, 0) is 19.6 Å². The van der Waals surface area contributed by atoms with Crippen LogP contribution in [0.25, 0.3) is 0 Å². The number of anilines is 1. The second-order valence-corrected chi connectivity index (χ2v) is 7.74. The standard InChI is InChI=1S/C18H22N2O5S/c1-13-4-8-15(9-5-13)25-16-10-6-14(7-11-16)20(26(3,22)23)12-17(24-2)18(19)21/h4-11,17H,12H2,1-3H3,(H2,19,21)/t17-/m0/s1. The molecule has 0 saturated carbocycles. The van der Waals surface area contributed by atoms with E-state index in [1.54, 1.807) is 24.3 Å². The van der Waals surface area contributed by atoms with Crippen LogP contribution in [0.2, 0.25) is 0 Å². The van der Waals surface area contributed by atoms with Crippen molar-refractivity contribution in [3.05, 3.63) is 54.1 Å². The Morgan fingerprint density at radius 1 is 1.08 bits per heavy atom. The highest BCUT2D eigenvalue weighted by atomic mass is 32.2. The number of ether oxygens (including phenoxy) is 2. The predicted molar refractivity (Wildman–Crippen MR) is 99.9 cm³/mol. The molecule has 0 bridgehead atoms. The Bertz CT molecular complexity index is 848. The van der Waals surface area contributed by atoms with E-state index in [2.05, 4.69) is 0 Å². The van der Waals surface area contributed by atoms with Crippen molar-refractivity contribution < 1.29 is 22.7 Å². The van der Waals surface area contributed by atoms with E-state index in [4.69, 9.17) is 15.2 Å². The number of primary amides is 1. The number of carbonyl (C=O) groups excluding carboxylic acids is 1. The van der Waals surface area contributed by atoms with Gasteiger partial charge in [-0.1, -0.05) is 17.7 Å². The summed E-state index contributed by atoms with van der Waals surface area (Å²) in [6, 6.07) is 14.1. The third-order valence-electron chi connectivity index (χ3n) is 3.72. The van der Waals surface area contributed by atoms with Gasteiger partial charge in [0, 0.05) is 7.11 Å². The zero-order valence-corrected chi connectivity index (χ0v) is 15.7. The number of sulfonamides is 1. The van der Waals surface area contributed by atoms with Gasteiger partial charge in [0.2, 0.25) is 15.9 Å². The first-order chi connectivity index (χ1) is 12.2. The molecule has 0 fully saturated rings. The summed E-state index contributed by atoms with van der Waals surface area (Å²) in [5.41, 5.74) is 6.74. The van der Waals surface area contributed by atoms with Crippen LogP contribution in [0.4, 0.5) is 5.69 Å². The molecule has 1 amide bonds. The molecule has 0 heterocycles. The predicted octanol–water partition coefficient (Wildman–Crippen LogP) is 2.05. The highest BCUT2D eigenvalue weighted by molar-refractivity contribution is 7.92. The van der Waals surface area contributed by atoms with Gasteiger partial charge >= 0.3 is 0 Å². The van der Waals surface area contributed by atoms with Gasteiger partial charge in [0.1, 0.15) is 11.5 Å². The summed E-state index contributed by atoms with van der Waals surface area (Å²) in [6.45, 7) is 1.78. The number of benzene rings is 2. The van der Waals surface area contributed by atoms with Gasteiger partial charge < -0.3 is 15.2 Å². The van der Waals surface area contributed by atoms with Crippen LogP contribution < -0.4 is 14.8 Å². The summed E-state index contributed by atoms with van der Waals surface area (Å²) in [6.07, 6.45) is 0.00505. The van der Waals surface area contributed by atoms with Crippen molar-refractivity contribution >= 4 is 21.6 Å². The number of methoxy groups -OCH3 is 1. The zero-order chi connectivity index (χ0) is 19.3. The third-order valence-corrected chi connectivity index (χ3v) is 4.88. The molecule has 0 saturated heterocycles. The lowest BCUT2D eigenvalue weighted by Gasteiger charge is -2.25. The Morgan fingerprint density at radius 2 is 1.58 bits per heavy atom. The van der Waals surface area contributed by atoms with Crippen molar-refractivity contribution in [1.29, 1.82) is 0 Å². The number of amides is 1. The van der Waals surface area contributed by atoms with E-state index in [-0.39, 0.29) is 6.54 Å². The SMILES string of the molecule is CO[C@@H](CN(c1ccc(Oc2ccc(C)cc2)cc1)S(C)(=O)=O)C(N)=O. The second kappa shape index (κ2) is 8.20. The highest BCUT2D eigenvalue weighted by Crippen LogP contribution is 2.26. The Hall–Kier alpha value is -2.58. The van der Waals surface area contributed by atoms with E-state index in [0.717, 1.165) is 16.1 Å². The Morgan fingerprint density at radius 3 is 2.00 bits per heavy atom. The van der Waals surface area contributed by atoms with E-state index in [9.17, 15) is 13.2 Å². The lowest BCUT2D eigenvalue weighted by Crippen LogP contribution is -2.43. The van der Waals surface area contributed by atoms with Gasteiger partial charge in [-0.05, 0) is 43.3 Å². The van der Waals surface area contributed by atoms with E-state index >= 15 is 0 Å². The average Bonchev–Trinajstić information content (AvgIpc) is 2.57. The van der Waals surface area contributed by atoms with E-state index in [1.807, 2.05) is 31.2 Å². The number of aryl methyl sites for hydroxylation is 1. The minimum Gasteiger partial charge on any atom is -0.457 e. The van der Waals surface area contributed by atoms with Crippen LogP contribution in [0.5, 0.6) is 11.5 Å². The summed E-state index contributed by atoms with van der Waals surface area (Å²) >= 11 is 0. The topological polar surface area (TPSA) is 98.9 Å². The maximum absolute atomic E-state index is 12.1. The smallest absolute Gasteiger partial charge is 0.248 e. The highest BCUT2D eigenvalue weighted by Gasteiger charge is 2.25. The van der Waals surface area contributed by atoms with Gasteiger partial charge in [-0.3, -0.25) is 9.10 Å². The van der Waals surface area contributed by atoms with Gasteiger partial charge in [0.25, 0.3) is 0 Å². The van der Waals surface area contributed by atoms with Crippen LogP contribution in [0.3, 0.4) is 0 Å². The molecule has 0 aliphatic heterocycles. The molecule has 2 N–H and O–H groups in total. The van der Waals surface area contributed by atoms with Crippen molar-refractivity contribution in [3.8, 4) is 11.5 Å². The second-order valence-electron chi connectivity index (χ2n) is 5.83. The molecule has 0 aromatic heterocycles. The van der Waals surface area contributed by atoms with Gasteiger partial charge in [-0.15, -0.1) is 0 Å². The molecule has 2 aromatic rings. The van der Waals surface area contributed by atoms with Crippen molar-refractivity contribution in [1.82, 2.24) is 0 Å². The minimum atomic E-state index is -3.63. The maximum Gasteiger partial charge on any atom is 0.248 e. The number of nitrogens with two attached hydrogens (primary N) is 1. The molecule has 0 unspecified atom stereocenters. The van der Waals surface area contributed by atoms with Crippen molar-refractivity contribution in [2.75, 3.05) is 24.2 Å². The normalized spacial score (nSPS) is 12.4. The van der Waals surface area contributed by atoms with Crippen LogP contribution >= 0.6 is 0 Å². The molecule has 2 aromatic carbocycles. The van der Waals surface area contributed by atoms with Crippen LogP contribution in [-0.4, -0.2) is 40.3 Å². The summed E-state index contributed by atoms with van der Waals surface area (Å²) < 4.78 is 36.0. The van der Waals surface area contributed by atoms with E-state index in [0.29, 0.717) is 17.2 Å². The first kappa shape index (κ1) is 19.7. The number of rotatable bonds is 8. The molecule has 0 radical (unpaired) electrons. The Labute approximate surface area is 153 Å². The zero-order valence-electron chi connectivity index (χ0n) is 14.9. The largest absolute Gasteiger partial charge is 0.457 e. The lowest BCUT2D eigenvalue weighted by atomic mass is 10.2. The van der Waals surface area contributed by atoms with E-state index < -0.39 is 22.0 Å². The number of hydrogen-bond donors (Lipinski definition) is 1. The van der Waals surface area contributed by atoms with Crippen molar-refractivity contribution in [3.63, 3.8) is 0 Å². The summed E-state index contributed by atoms with van der Waals surface area (Å²) in [5.74, 6) is 0.501. The van der Waals surface area contributed by atoms with Crippen LogP contribution in [0.1, 0.15) is 5.56 Å². The summed E-state index contributed by atoms with van der Waals surface area (Å²) in [4.78, 5) is 11.4. The number of hydrogen-bond acceptors (Lipinski definition) is 5. The Balaban J connectivity index is 2.21. The quantitative estimate of drug-likeness (QED) is 0.758. The summed E-state index contributed by atoms with van der Waals surface area (Å²) in [7, 11) is -2.33. The third kappa shape index (κ3) is 5.21. The maximum atomic E-state index is 12.1. The molecule has 2 rings (SSSR count). The van der Waals surface area contributed by atoms with Gasteiger partial charge in [-0.2, -0.15) is 0 Å². The summed E-state index contributed by atoms with van der Waals surface area (Å²) in [5, 5.41) is 0. The van der Waals surface area contributed by atoms with Crippen LogP contribution in [0.15, 0.2) is 48.5 Å². The van der Waals surface area contributed by atoms with Crippen LogP contribution in [0, 0.1) is 6.92 Å². The fourth-order valence-electron chi connectivity index (χ4n) is 2.29. The monoisotopic (exact) mass is 378 g/mol. The fraction of sp³-hybridized carbons (Fsp3) is 0.278. The van der Waals surface area contributed by atoms with Gasteiger partial charge in [0.15, 0.2) is 6.10 Å². The van der Waals surface area contributed by atoms with Gasteiger partial charge in [0.05, 0.1) is 18.5 Å². The lowest BCUT2D eigenvalue weighted by molar-refractivity contribution is -0.127. The molecule has 0 spiro atoms. The minimum absolute atomic E-state index is 0.206. The van der Waals surface area contributed by atoms with E-state index in [1.165, 1.54) is 7.11 Å². The van der Waals surface area contributed by atoms with Gasteiger partial charge in [-0.25, -0.2) is 8.42 Å². The fourth-order valence-corrected chi connectivity index (χ4v) is 3.20. The number of nitrogens with zero attached hydrogens (tertiary/aromatic N) is 1.